The number of nitrogens with zero attached hydrogens (tertiary/aromatic N) is 2. The minimum atomic E-state index is -3.71. The molecule has 1 atom stereocenters. The minimum absolute atomic E-state index is 0.00983. The molecule has 0 aromatic heterocycles. The number of sulfonamides is 1. The molecule has 0 aliphatic rings. The molecule has 3 aromatic rings. The first-order valence-corrected chi connectivity index (χ1v) is 14.9. The maximum Gasteiger partial charge on any atom is 0.242 e. The number of methoxy groups -OCH3 is 1. The van der Waals surface area contributed by atoms with Crippen LogP contribution in [-0.4, -0.2) is 58.1 Å². The SMILES string of the molecule is CNC(=O)C(Cc1ccccc1)N(Cc1ccccc1F)C(=O)CCCN(c1ccc(OC)c(Cl)c1)S(C)(=O)=O. The van der Waals surface area contributed by atoms with Crippen LogP contribution in [0.4, 0.5) is 10.1 Å². The highest BCUT2D eigenvalue weighted by Gasteiger charge is 2.30. The second-order valence-electron chi connectivity index (χ2n) is 9.19. The van der Waals surface area contributed by atoms with Crippen LogP contribution in [0.15, 0.2) is 72.8 Å². The number of likely N-dealkylation sites (N-methyl/N-ethyl adjacent to an activating group) is 1. The molecule has 0 fully saturated rings. The molecular formula is C29H33ClFN3O5S. The number of amides is 2. The first-order valence-electron chi connectivity index (χ1n) is 12.6. The molecule has 0 aliphatic heterocycles. The molecular weight excluding hydrogens is 557 g/mol. The number of anilines is 1. The predicted molar refractivity (Wildman–Crippen MR) is 154 cm³/mol. The fourth-order valence-electron chi connectivity index (χ4n) is 4.35. The molecule has 214 valence electrons. The molecule has 0 saturated carbocycles. The van der Waals surface area contributed by atoms with E-state index in [0.29, 0.717) is 11.4 Å². The van der Waals surface area contributed by atoms with Gasteiger partial charge in [0.2, 0.25) is 21.8 Å². The van der Waals surface area contributed by atoms with E-state index in [2.05, 4.69) is 5.32 Å². The summed E-state index contributed by atoms with van der Waals surface area (Å²) in [6.45, 7) is -0.135. The van der Waals surface area contributed by atoms with Crippen LogP contribution in [0, 0.1) is 5.82 Å². The van der Waals surface area contributed by atoms with Gasteiger partial charge in [-0.15, -0.1) is 0 Å². The lowest BCUT2D eigenvalue weighted by molar-refractivity contribution is -0.141. The van der Waals surface area contributed by atoms with Gasteiger partial charge < -0.3 is 15.0 Å². The Morgan fingerprint density at radius 2 is 1.73 bits per heavy atom. The number of benzene rings is 3. The van der Waals surface area contributed by atoms with Crippen molar-refractivity contribution in [3.63, 3.8) is 0 Å². The van der Waals surface area contributed by atoms with Gasteiger partial charge in [-0.25, -0.2) is 12.8 Å². The summed E-state index contributed by atoms with van der Waals surface area (Å²) in [6.07, 6.45) is 1.36. The number of carbonyl (C=O) groups is 2. The van der Waals surface area contributed by atoms with E-state index in [0.717, 1.165) is 16.1 Å². The number of hydrogen-bond acceptors (Lipinski definition) is 5. The molecule has 2 amide bonds. The normalized spacial score (nSPS) is 11.9. The van der Waals surface area contributed by atoms with Crippen molar-refractivity contribution >= 4 is 39.1 Å². The molecule has 3 aromatic carbocycles. The van der Waals surface area contributed by atoms with E-state index in [1.54, 1.807) is 30.3 Å². The maximum atomic E-state index is 14.6. The van der Waals surface area contributed by atoms with Crippen molar-refractivity contribution < 1.29 is 27.1 Å². The summed E-state index contributed by atoms with van der Waals surface area (Å²) in [4.78, 5) is 28.0. The van der Waals surface area contributed by atoms with Gasteiger partial charge in [0.05, 0.1) is 24.1 Å². The Morgan fingerprint density at radius 3 is 2.33 bits per heavy atom. The maximum absolute atomic E-state index is 14.6. The molecule has 0 aliphatic carbocycles. The minimum Gasteiger partial charge on any atom is -0.495 e. The second kappa shape index (κ2) is 14.1. The summed E-state index contributed by atoms with van der Waals surface area (Å²) in [5, 5.41) is 2.86. The fourth-order valence-corrected chi connectivity index (χ4v) is 5.55. The molecule has 0 spiro atoms. The standard InChI is InChI=1S/C29H33ClFN3O5S/c1-32-29(36)26(18-21-10-5-4-6-11-21)33(20-22-12-7-8-13-25(22)31)28(35)14-9-17-34(40(3,37)38)23-15-16-27(39-2)24(30)19-23/h4-8,10-13,15-16,19,26H,9,14,17-18,20H2,1-3H3,(H,32,36). The highest BCUT2D eigenvalue weighted by Crippen LogP contribution is 2.30. The van der Waals surface area contributed by atoms with E-state index >= 15 is 0 Å². The summed E-state index contributed by atoms with van der Waals surface area (Å²) in [5.41, 5.74) is 1.43. The smallest absolute Gasteiger partial charge is 0.242 e. The molecule has 1 N–H and O–H groups in total. The summed E-state index contributed by atoms with van der Waals surface area (Å²) in [6, 6.07) is 19.0. The van der Waals surface area contributed by atoms with Crippen LogP contribution in [-0.2, 0) is 32.6 Å². The van der Waals surface area contributed by atoms with Gasteiger partial charge in [-0.3, -0.25) is 13.9 Å². The van der Waals surface area contributed by atoms with Crippen molar-refractivity contribution in [2.45, 2.75) is 31.8 Å². The van der Waals surface area contributed by atoms with Gasteiger partial charge in [-0.2, -0.15) is 0 Å². The lowest BCUT2D eigenvalue weighted by Gasteiger charge is -2.31. The van der Waals surface area contributed by atoms with E-state index in [1.165, 1.54) is 31.2 Å². The topological polar surface area (TPSA) is 96.0 Å². The van der Waals surface area contributed by atoms with Crippen molar-refractivity contribution in [1.29, 1.82) is 0 Å². The average molecular weight is 590 g/mol. The van der Waals surface area contributed by atoms with Crippen LogP contribution in [0.25, 0.3) is 0 Å². The molecule has 8 nitrogen and oxygen atoms in total. The number of rotatable bonds is 13. The number of carbonyl (C=O) groups excluding carboxylic acids is 2. The third-order valence-corrected chi connectivity index (χ3v) is 7.88. The van der Waals surface area contributed by atoms with Gasteiger partial charge >= 0.3 is 0 Å². The van der Waals surface area contributed by atoms with Gasteiger partial charge in [-0.05, 0) is 36.2 Å². The summed E-state index contributed by atoms with van der Waals surface area (Å²) in [7, 11) is -0.767. The predicted octanol–water partition coefficient (Wildman–Crippen LogP) is 4.42. The monoisotopic (exact) mass is 589 g/mol. The van der Waals surface area contributed by atoms with Crippen LogP contribution in [0.2, 0.25) is 5.02 Å². The second-order valence-corrected chi connectivity index (χ2v) is 11.5. The zero-order chi connectivity index (χ0) is 29.3. The molecule has 0 bridgehead atoms. The Kier molecular flexibility index (Phi) is 10.9. The lowest BCUT2D eigenvalue weighted by atomic mass is 10.0. The molecule has 0 radical (unpaired) electrons. The highest BCUT2D eigenvalue weighted by molar-refractivity contribution is 7.92. The van der Waals surface area contributed by atoms with Gasteiger partial charge in [0, 0.05) is 38.5 Å². The van der Waals surface area contributed by atoms with Crippen LogP contribution in [0.1, 0.15) is 24.0 Å². The van der Waals surface area contributed by atoms with E-state index in [1.807, 2.05) is 30.3 Å². The zero-order valence-corrected chi connectivity index (χ0v) is 24.2. The third kappa shape index (κ3) is 8.19. The van der Waals surface area contributed by atoms with E-state index in [4.69, 9.17) is 16.3 Å². The first kappa shape index (κ1) is 30.9. The molecule has 3 rings (SSSR count). The Balaban J connectivity index is 1.86. The van der Waals surface area contributed by atoms with Gasteiger partial charge in [0.25, 0.3) is 0 Å². The summed E-state index contributed by atoms with van der Waals surface area (Å²) < 4.78 is 46.1. The molecule has 11 heteroatoms. The lowest BCUT2D eigenvalue weighted by Crippen LogP contribution is -2.50. The van der Waals surface area contributed by atoms with Crippen molar-refractivity contribution in [3.8, 4) is 5.75 Å². The van der Waals surface area contributed by atoms with Crippen LogP contribution >= 0.6 is 11.6 Å². The fraction of sp³-hybridized carbons (Fsp3) is 0.310. The van der Waals surface area contributed by atoms with Crippen molar-refractivity contribution in [2.75, 3.05) is 31.3 Å². The Bertz CT molecular complexity index is 1420. The molecule has 0 heterocycles. The highest BCUT2D eigenvalue weighted by atomic mass is 35.5. The largest absolute Gasteiger partial charge is 0.495 e. The van der Waals surface area contributed by atoms with Crippen LogP contribution in [0.5, 0.6) is 5.75 Å². The van der Waals surface area contributed by atoms with Crippen molar-refractivity contribution in [2.24, 2.45) is 0 Å². The molecule has 1 unspecified atom stereocenters. The van der Waals surface area contributed by atoms with Gasteiger partial charge in [0.15, 0.2) is 0 Å². The summed E-state index contributed by atoms with van der Waals surface area (Å²) >= 11 is 6.21. The van der Waals surface area contributed by atoms with E-state index in [9.17, 15) is 22.4 Å². The van der Waals surface area contributed by atoms with E-state index < -0.39 is 27.8 Å². The number of ether oxygens (including phenoxy) is 1. The first-order chi connectivity index (χ1) is 19.0. The Morgan fingerprint density at radius 1 is 1.05 bits per heavy atom. The number of nitrogens with one attached hydrogen (secondary N) is 1. The van der Waals surface area contributed by atoms with Crippen molar-refractivity contribution in [3.05, 3.63) is 94.8 Å². The summed E-state index contributed by atoms with van der Waals surface area (Å²) in [5.74, 6) is -0.889. The number of hydrogen-bond donors (Lipinski definition) is 1. The van der Waals surface area contributed by atoms with Crippen LogP contribution < -0.4 is 14.4 Å². The van der Waals surface area contributed by atoms with E-state index in [-0.39, 0.29) is 48.8 Å². The Hall–Kier alpha value is -3.63. The zero-order valence-electron chi connectivity index (χ0n) is 22.6. The Labute approximate surface area is 239 Å². The van der Waals surface area contributed by atoms with Crippen molar-refractivity contribution in [1.82, 2.24) is 10.2 Å². The van der Waals surface area contributed by atoms with Crippen LogP contribution in [0.3, 0.4) is 0 Å². The third-order valence-electron chi connectivity index (χ3n) is 6.39. The average Bonchev–Trinajstić information content (AvgIpc) is 2.93. The van der Waals surface area contributed by atoms with Gasteiger partial charge in [0.1, 0.15) is 17.6 Å². The molecule has 0 saturated heterocycles. The number of halogens is 2. The molecule has 40 heavy (non-hydrogen) atoms. The van der Waals surface area contributed by atoms with Gasteiger partial charge in [-0.1, -0.05) is 60.1 Å². The quantitative estimate of drug-likeness (QED) is 0.318.